The second-order valence-corrected chi connectivity index (χ2v) is 8.56. The van der Waals surface area contributed by atoms with Crippen LogP contribution in [0.3, 0.4) is 0 Å². The van der Waals surface area contributed by atoms with Crippen LogP contribution in [0.15, 0.2) is 78.4 Å². The minimum atomic E-state index is -1.62. The first-order valence-electron chi connectivity index (χ1n) is 9.72. The molecule has 1 nitrogen and oxygen atoms in total. The minimum Gasteiger partial charge on any atom is -0.505 e. The summed E-state index contributed by atoms with van der Waals surface area (Å²) in [6.07, 6.45) is -1.62. The van der Waals surface area contributed by atoms with Crippen LogP contribution < -0.4 is 10.9 Å². The summed E-state index contributed by atoms with van der Waals surface area (Å²) in [5.74, 6) is -0.891. The van der Waals surface area contributed by atoms with Gasteiger partial charge in [-0.1, -0.05) is 47.5 Å². The Bertz CT molecular complexity index is 1020. The van der Waals surface area contributed by atoms with Crippen molar-refractivity contribution in [1.82, 2.24) is 0 Å². The SMILES string of the molecule is CC1=C(c2ccc(F)cc2)[B-](c2ccc(F)cc2)(c2ccc(F)cc2)[N+](C)(C)C1. The van der Waals surface area contributed by atoms with Gasteiger partial charge in [-0.05, 0) is 43.3 Å². The molecule has 29 heavy (non-hydrogen) atoms. The summed E-state index contributed by atoms with van der Waals surface area (Å²) in [5, 5.41) is 0. The smallest absolute Gasteiger partial charge is 0.291 e. The molecular formula is C24H23BF3N. The molecule has 0 atom stereocenters. The van der Waals surface area contributed by atoms with E-state index in [9.17, 15) is 13.2 Å². The molecule has 148 valence electrons. The molecule has 0 aliphatic carbocycles. The molecule has 0 aromatic heterocycles. The Morgan fingerprint density at radius 2 is 1.03 bits per heavy atom. The van der Waals surface area contributed by atoms with Crippen molar-refractivity contribution < 1.29 is 17.6 Å². The molecule has 0 amide bonds. The highest BCUT2D eigenvalue weighted by molar-refractivity contribution is 7.10. The first-order valence-corrected chi connectivity index (χ1v) is 9.72. The van der Waals surface area contributed by atoms with E-state index in [4.69, 9.17) is 0 Å². The molecule has 1 heterocycles. The summed E-state index contributed by atoms with van der Waals surface area (Å²) in [5.41, 5.74) is 5.17. The van der Waals surface area contributed by atoms with Gasteiger partial charge in [0.15, 0.2) is 0 Å². The summed E-state index contributed by atoms with van der Waals surface area (Å²) in [6.45, 7) is 2.87. The van der Waals surface area contributed by atoms with Gasteiger partial charge in [-0.2, -0.15) is 0 Å². The number of halogens is 3. The van der Waals surface area contributed by atoms with E-state index >= 15 is 0 Å². The van der Waals surface area contributed by atoms with Crippen molar-refractivity contribution in [3.8, 4) is 0 Å². The number of benzene rings is 3. The van der Waals surface area contributed by atoms with Gasteiger partial charge in [0, 0.05) is 14.1 Å². The van der Waals surface area contributed by atoms with Gasteiger partial charge >= 0.3 is 0 Å². The first kappa shape index (κ1) is 19.5. The molecule has 0 saturated heterocycles. The zero-order chi connectivity index (χ0) is 20.8. The number of hydrogen-bond donors (Lipinski definition) is 0. The normalized spacial score (nSPS) is 17.6. The molecule has 0 fully saturated rings. The molecule has 0 unspecified atom stereocenters. The van der Waals surface area contributed by atoms with Crippen LogP contribution in [0, 0.1) is 17.5 Å². The standard InChI is InChI=1S/C24H23BF3N/c1-17-16-29(2,3)25(19-6-12-22(27)13-7-19,20-8-14-23(28)15-9-20)24(17)18-4-10-21(26)11-5-18/h4-15H,16H2,1-3H3. The van der Waals surface area contributed by atoms with Gasteiger partial charge in [-0.3, -0.25) is 0 Å². The van der Waals surface area contributed by atoms with Crippen LogP contribution in [0.25, 0.3) is 5.47 Å². The second-order valence-electron chi connectivity index (χ2n) is 8.56. The van der Waals surface area contributed by atoms with Crippen LogP contribution in [0.5, 0.6) is 0 Å². The Hall–Kier alpha value is -2.79. The molecule has 3 aromatic rings. The molecule has 0 bridgehead atoms. The van der Waals surface area contributed by atoms with Crippen molar-refractivity contribution in [2.75, 3.05) is 20.6 Å². The summed E-state index contributed by atoms with van der Waals surface area (Å²) in [7, 11) is 4.29. The lowest BCUT2D eigenvalue weighted by Gasteiger charge is -2.53. The van der Waals surface area contributed by atoms with Crippen molar-refractivity contribution >= 4 is 22.7 Å². The average molecular weight is 393 g/mol. The molecule has 0 N–H and O–H groups in total. The van der Waals surface area contributed by atoms with Crippen LogP contribution >= 0.6 is 0 Å². The highest BCUT2D eigenvalue weighted by Crippen LogP contribution is 2.40. The monoisotopic (exact) mass is 393 g/mol. The fourth-order valence-corrected chi connectivity index (χ4v) is 5.47. The van der Waals surface area contributed by atoms with E-state index in [2.05, 4.69) is 21.0 Å². The number of hydrogen-bond acceptors (Lipinski definition) is 0. The van der Waals surface area contributed by atoms with Gasteiger partial charge in [0.2, 0.25) is 0 Å². The summed E-state index contributed by atoms with van der Waals surface area (Å²) < 4.78 is 41.8. The van der Waals surface area contributed by atoms with Gasteiger partial charge in [-0.15, -0.1) is 16.4 Å². The molecular weight excluding hydrogens is 370 g/mol. The summed E-state index contributed by atoms with van der Waals surface area (Å²) in [4.78, 5) is 0. The van der Waals surface area contributed by atoms with E-state index in [1.807, 2.05) is 24.3 Å². The Balaban J connectivity index is 2.09. The van der Waals surface area contributed by atoms with Gasteiger partial charge in [0.1, 0.15) is 17.5 Å². The van der Waals surface area contributed by atoms with Crippen molar-refractivity contribution in [1.29, 1.82) is 0 Å². The molecule has 0 saturated carbocycles. The number of quaternary nitrogens is 1. The van der Waals surface area contributed by atoms with Gasteiger partial charge in [-0.25, -0.2) is 13.2 Å². The molecule has 1 aliphatic rings. The summed E-state index contributed by atoms with van der Waals surface area (Å²) >= 11 is 0. The van der Waals surface area contributed by atoms with E-state index < -0.39 is 6.28 Å². The zero-order valence-electron chi connectivity index (χ0n) is 16.8. The van der Waals surface area contributed by atoms with Crippen LogP contribution in [-0.2, 0) is 0 Å². The zero-order valence-corrected chi connectivity index (χ0v) is 16.8. The van der Waals surface area contributed by atoms with E-state index in [0.29, 0.717) is 4.39 Å². The van der Waals surface area contributed by atoms with Gasteiger partial charge in [0.25, 0.3) is 6.28 Å². The highest BCUT2D eigenvalue weighted by Gasteiger charge is 2.52. The predicted molar refractivity (Wildman–Crippen MR) is 114 cm³/mol. The van der Waals surface area contributed by atoms with E-state index in [1.54, 1.807) is 12.1 Å². The lowest BCUT2D eigenvalue weighted by atomic mass is 9.21. The maximum atomic E-state index is 13.8. The van der Waals surface area contributed by atoms with E-state index in [-0.39, 0.29) is 17.5 Å². The number of rotatable bonds is 3. The van der Waals surface area contributed by atoms with Crippen LogP contribution in [0.1, 0.15) is 12.5 Å². The van der Waals surface area contributed by atoms with Crippen molar-refractivity contribution in [3.05, 3.63) is 101 Å². The Morgan fingerprint density at radius 3 is 1.45 bits per heavy atom. The van der Waals surface area contributed by atoms with E-state index in [1.165, 1.54) is 42.0 Å². The maximum absolute atomic E-state index is 13.8. The third-order valence-electron chi connectivity index (χ3n) is 6.43. The van der Waals surface area contributed by atoms with Crippen molar-refractivity contribution in [2.24, 2.45) is 0 Å². The first-order chi connectivity index (χ1) is 13.8. The van der Waals surface area contributed by atoms with Gasteiger partial charge < -0.3 is 4.39 Å². The van der Waals surface area contributed by atoms with E-state index in [0.717, 1.165) is 28.5 Å². The quantitative estimate of drug-likeness (QED) is 0.584. The lowest BCUT2D eigenvalue weighted by molar-refractivity contribution is -0.777. The third kappa shape index (κ3) is 3.01. The fraction of sp³-hybridized carbons (Fsp3) is 0.167. The third-order valence-corrected chi connectivity index (χ3v) is 6.43. The van der Waals surface area contributed by atoms with Crippen LogP contribution in [-0.4, -0.2) is 31.3 Å². The van der Waals surface area contributed by atoms with Crippen molar-refractivity contribution in [2.45, 2.75) is 6.92 Å². The Labute approximate surface area is 169 Å². The van der Waals surface area contributed by atoms with Crippen LogP contribution in [0.4, 0.5) is 13.2 Å². The lowest BCUT2D eigenvalue weighted by Crippen LogP contribution is -2.75. The average Bonchev–Trinajstić information content (AvgIpc) is 2.89. The number of likely N-dealkylation sites (N-methyl/N-ethyl adjacent to an activating group) is 1. The summed E-state index contributed by atoms with van der Waals surface area (Å²) in [6, 6.07) is 19.7. The van der Waals surface area contributed by atoms with Crippen molar-refractivity contribution in [3.63, 3.8) is 0 Å². The predicted octanol–water partition coefficient (Wildman–Crippen LogP) is 4.27. The molecule has 5 heteroatoms. The largest absolute Gasteiger partial charge is 0.505 e. The van der Waals surface area contributed by atoms with Crippen LogP contribution in [0.2, 0.25) is 0 Å². The number of nitrogens with zero attached hydrogens (tertiary/aromatic N) is 1. The molecule has 1 aliphatic heterocycles. The fourth-order valence-electron chi connectivity index (χ4n) is 5.47. The molecule has 4 rings (SSSR count). The second kappa shape index (κ2) is 6.92. The molecule has 0 radical (unpaired) electrons. The maximum Gasteiger partial charge on any atom is 0.291 e. The topological polar surface area (TPSA) is 0 Å². The highest BCUT2D eigenvalue weighted by atomic mass is 19.1. The Morgan fingerprint density at radius 1 is 0.655 bits per heavy atom. The molecule has 3 aromatic carbocycles. The van der Waals surface area contributed by atoms with Gasteiger partial charge in [0.05, 0.1) is 6.54 Å². The Kier molecular flexibility index (Phi) is 4.66. The minimum absolute atomic E-state index is 0.291. The molecule has 0 spiro atoms.